The molecule has 0 atom stereocenters. The molecule has 1 aromatic carbocycles. The second-order valence-corrected chi connectivity index (χ2v) is 3.89. The van der Waals surface area contributed by atoms with Crippen LogP contribution in [0.15, 0.2) is 22.7 Å². The van der Waals surface area contributed by atoms with Crippen molar-refractivity contribution in [2.45, 2.75) is 12.2 Å². The Kier molecular flexibility index (Phi) is 1.85. The molecule has 1 aliphatic rings. The lowest BCUT2D eigenvalue weighted by Gasteiger charge is -1.97. The molecule has 0 fully saturated rings. The average molecular weight is 221 g/mol. The first-order valence-corrected chi connectivity index (χ1v) is 5.30. The highest BCUT2D eigenvalue weighted by molar-refractivity contribution is 7.79. The molecule has 2 nitrogen and oxygen atoms in total. The van der Waals surface area contributed by atoms with E-state index in [1.54, 1.807) is 12.1 Å². The van der Waals surface area contributed by atoms with Crippen LogP contribution in [-0.4, -0.2) is 5.16 Å². The molecule has 0 radical (unpaired) electrons. The third-order valence-electron chi connectivity index (χ3n) is 2.70. The molecule has 4 heteroatoms. The Bertz CT molecular complexity index is 535. The van der Waals surface area contributed by atoms with Gasteiger partial charge < -0.3 is 4.52 Å². The summed E-state index contributed by atoms with van der Waals surface area (Å²) in [6.07, 6.45) is 0.696. The number of halogens is 1. The molecule has 0 spiro atoms. The van der Waals surface area contributed by atoms with Crippen molar-refractivity contribution in [3.05, 3.63) is 40.8 Å². The number of benzene rings is 1. The van der Waals surface area contributed by atoms with Crippen LogP contribution in [0.1, 0.15) is 16.8 Å². The summed E-state index contributed by atoms with van der Waals surface area (Å²) >= 11 is 4.18. The third-order valence-corrected chi connectivity index (χ3v) is 3.00. The minimum absolute atomic E-state index is 0.209. The minimum Gasteiger partial charge on any atom is -0.356 e. The van der Waals surface area contributed by atoms with Gasteiger partial charge in [-0.15, -0.1) is 0 Å². The summed E-state index contributed by atoms with van der Waals surface area (Å²) in [5, 5.41) is 3.93. The molecule has 0 saturated heterocycles. The van der Waals surface area contributed by atoms with E-state index in [2.05, 4.69) is 17.8 Å². The largest absolute Gasteiger partial charge is 0.356 e. The maximum absolute atomic E-state index is 13.0. The smallest absolute Gasteiger partial charge is 0.170 e. The highest BCUT2D eigenvalue weighted by atomic mass is 32.1. The van der Waals surface area contributed by atoms with Crippen molar-refractivity contribution in [1.82, 2.24) is 5.16 Å². The van der Waals surface area contributed by atoms with Crippen LogP contribution < -0.4 is 0 Å². The van der Waals surface area contributed by atoms with Crippen molar-refractivity contribution in [3.8, 4) is 11.3 Å². The number of thiol groups is 1. The van der Waals surface area contributed by atoms with Gasteiger partial charge in [0.25, 0.3) is 0 Å². The molecule has 1 aliphatic carbocycles. The van der Waals surface area contributed by atoms with Crippen LogP contribution in [0, 0.1) is 5.82 Å². The highest BCUT2D eigenvalue weighted by Gasteiger charge is 2.26. The van der Waals surface area contributed by atoms with Crippen molar-refractivity contribution < 1.29 is 8.91 Å². The summed E-state index contributed by atoms with van der Waals surface area (Å²) in [7, 11) is 0. The maximum Gasteiger partial charge on any atom is 0.170 e. The van der Waals surface area contributed by atoms with Gasteiger partial charge in [-0.1, -0.05) is 5.16 Å². The van der Waals surface area contributed by atoms with Crippen molar-refractivity contribution in [2.24, 2.45) is 0 Å². The molecule has 2 aromatic rings. The van der Waals surface area contributed by atoms with E-state index in [0.717, 1.165) is 28.1 Å². The van der Waals surface area contributed by atoms with Gasteiger partial charge in [-0.25, -0.2) is 4.39 Å². The highest BCUT2D eigenvalue weighted by Crippen LogP contribution is 2.38. The van der Waals surface area contributed by atoms with Crippen LogP contribution in [0.25, 0.3) is 11.3 Å². The number of hydrogen-bond acceptors (Lipinski definition) is 3. The number of hydrogen-bond donors (Lipinski definition) is 1. The fraction of sp³-hybridized carbons (Fsp3) is 0.182. The normalized spacial score (nSPS) is 12.7. The molecular weight excluding hydrogens is 213 g/mol. The second kappa shape index (κ2) is 3.10. The Morgan fingerprint density at radius 3 is 3.13 bits per heavy atom. The quantitative estimate of drug-likeness (QED) is 0.639. The number of rotatable bonds is 1. The molecule has 0 saturated carbocycles. The average Bonchev–Trinajstić information content (AvgIpc) is 2.74. The number of nitrogens with zero attached hydrogens (tertiary/aromatic N) is 1. The molecule has 0 bridgehead atoms. The number of fused-ring (bicyclic) bond motifs is 3. The second-order valence-electron chi connectivity index (χ2n) is 3.57. The Labute approximate surface area is 91.5 Å². The van der Waals surface area contributed by atoms with Crippen molar-refractivity contribution in [3.63, 3.8) is 0 Å². The zero-order chi connectivity index (χ0) is 10.4. The molecule has 0 unspecified atom stereocenters. The van der Waals surface area contributed by atoms with E-state index in [1.807, 2.05) is 0 Å². The van der Waals surface area contributed by atoms with Crippen molar-refractivity contribution in [2.75, 3.05) is 0 Å². The van der Waals surface area contributed by atoms with Gasteiger partial charge in [0.15, 0.2) is 5.76 Å². The van der Waals surface area contributed by atoms with E-state index in [9.17, 15) is 4.39 Å². The van der Waals surface area contributed by atoms with Crippen LogP contribution in [0.3, 0.4) is 0 Å². The number of aromatic nitrogens is 1. The van der Waals surface area contributed by atoms with Gasteiger partial charge in [0, 0.05) is 23.3 Å². The minimum atomic E-state index is -0.209. The summed E-state index contributed by atoms with van der Waals surface area (Å²) in [6, 6.07) is 4.73. The molecule has 15 heavy (non-hydrogen) atoms. The van der Waals surface area contributed by atoms with Crippen LogP contribution in [0.5, 0.6) is 0 Å². The fourth-order valence-electron chi connectivity index (χ4n) is 1.98. The first-order chi connectivity index (χ1) is 7.29. The summed E-state index contributed by atoms with van der Waals surface area (Å²) in [4.78, 5) is 0. The van der Waals surface area contributed by atoms with E-state index in [4.69, 9.17) is 4.52 Å². The van der Waals surface area contributed by atoms with Crippen LogP contribution in [0.4, 0.5) is 4.39 Å². The molecule has 1 heterocycles. The van der Waals surface area contributed by atoms with Gasteiger partial charge in [0.05, 0.1) is 5.69 Å². The zero-order valence-electron chi connectivity index (χ0n) is 7.83. The Morgan fingerprint density at radius 2 is 2.33 bits per heavy atom. The van der Waals surface area contributed by atoms with E-state index >= 15 is 0 Å². The molecule has 0 aliphatic heterocycles. The summed E-state index contributed by atoms with van der Waals surface area (Å²) in [5.41, 5.74) is 3.82. The van der Waals surface area contributed by atoms with Gasteiger partial charge in [-0.2, -0.15) is 12.6 Å². The van der Waals surface area contributed by atoms with E-state index < -0.39 is 0 Å². The lowest BCUT2D eigenvalue weighted by atomic mass is 10.1. The van der Waals surface area contributed by atoms with E-state index in [-0.39, 0.29) is 5.82 Å². The van der Waals surface area contributed by atoms with Crippen LogP contribution >= 0.6 is 12.6 Å². The summed E-state index contributed by atoms with van der Waals surface area (Å²) in [6.45, 7) is 0. The first-order valence-electron chi connectivity index (χ1n) is 4.66. The maximum atomic E-state index is 13.0. The molecular formula is C11H8FNOS. The first kappa shape index (κ1) is 8.97. The van der Waals surface area contributed by atoms with Crippen molar-refractivity contribution in [1.29, 1.82) is 0 Å². The van der Waals surface area contributed by atoms with E-state index in [0.29, 0.717) is 12.2 Å². The lowest BCUT2D eigenvalue weighted by molar-refractivity contribution is 0.426. The van der Waals surface area contributed by atoms with Gasteiger partial charge >= 0.3 is 0 Å². The Hall–Kier alpha value is -1.29. The molecule has 76 valence electrons. The van der Waals surface area contributed by atoms with Crippen LogP contribution in [0.2, 0.25) is 0 Å². The van der Waals surface area contributed by atoms with Crippen molar-refractivity contribution >= 4 is 12.6 Å². The predicted octanol–water partition coefficient (Wildman–Crippen LogP) is 2.81. The topological polar surface area (TPSA) is 26.0 Å². The van der Waals surface area contributed by atoms with Gasteiger partial charge in [0.1, 0.15) is 5.82 Å². The monoisotopic (exact) mass is 221 g/mol. The van der Waals surface area contributed by atoms with E-state index in [1.165, 1.54) is 6.07 Å². The fourth-order valence-corrected chi connectivity index (χ4v) is 2.23. The van der Waals surface area contributed by atoms with Gasteiger partial charge in [0.2, 0.25) is 0 Å². The van der Waals surface area contributed by atoms with Gasteiger partial charge in [-0.3, -0.25) is 0 Å². The van der Waals surface area contributed by atoms with Gasteiger partial charge in [-0.05, 0) is 23.8 Å². The summed E-state index contributed by atoms with van der Waals surface area (Å²) < 4.78 is 18.3. The molecule has 1 aromatic heterocycles. The SMILES string of the molecule is Fc1ccc2c(c1)Cc1c(CS)noc1-2. The summed E-state index contributed by atoms with van der Waals surface area (Å²) in [5.74, 6) is 1.11. The molecule has 3 rings (SSSR count). The lowest BCUT2D eigenvalue weighted by Crippen LogP contribution is -1.87. The molecule has 0 amide bonds. The van der Waals surface area contributed by atoms with Crippen LogP contribution in [-0.2, 0) is 12.2 Å². The third kappa shape index (κ3) is 1.21. The Balaban J connectivity index is 2.20. The zero-order valence-corrected chi connectivity index (χ0v) is 8.72. The standard InChI is InChI=1S/C11H8FNOS/c12-7-1-2-8-6(3-7)4-9-10(5-15)13-14-11(8)9/h1-3,15H,4-5H2. The Morgan fingerprint density at radius 1 is 1.47 bits per heavy atom. The molecule has 0 N–H and O–H groups in total. The predicted molar refractivity (Wildman–Crippen MR) is 57.4 cm³/mol.